The standard InChI is InChI=1S/C20H27N3O2/c1-14(2)19-11-18(22-15(3)24)12-20(25-19)17-7-4-6-16(10-17)13-23-9-5-8-21-23/h4-10,14,18-20H,11-13H2,1-3H3,(H,22,24)/t18-,19-,20+/m1/s1. The zero-order valence-electron chi connectivity index (χ0n) is 15.2. The first-order chi connectivity index (χ1) is 12.0. The van der Waals surface area contributed by atoms with Crippen molar-refractivity contribution in [3.8, 4) is 0 Å². The predicted molar refractivity (Wildman–Crippen MR) is 97.1 cm³/mol. The molecule has 1 aromatic heterocycles. The summed E-state index contributed by atoms with van der Waals surface area (Å²) in [6.07, 6.45) is 5.61. The largest absolute Gasteiger partial charge is 0.370 e. The molecule has 1 fully saturated rings. The number of carbonyl (C=O) groups excluding carboxylic acids is 1. The minimum atomic E-state index is 0.00979. The number of benzene rings is 1. The lowest BCUT2D eigenvalue weighted by Gasteiger charge is -2.38. The average Bonchev–Trinajstić information content (AvgIpc) is 3.07. The second-order valence-corrected chi connectivity index (χ2v) is 7.22. The molecule has 1 aliphatic heterocycles. The van der Waals surface area contributed by atoms with Crippen LogP contribution in [0.2, 0.25) is 0 Å². The molecule has 3 atom stereocenters. The van der Waals surface area contributed by atoms with E-state index in [1.54, 1.807) is 13.1 Å². The van der Waals surface area contributed by atoms with Gasteiger partial charge >= 0.3 is 0 Å². The minimum absolute atomic E-state index is 0.00979. The van der Waals surface area contributed by atoms with Gasteiger partial charge in [0.2, 0.25) is 5.91 Å². The van der Waals surface area contributed by atoms with Crippen molar-refractivity contribution in [3.63, 3.8) is 0 Å². The summed E-state index contributed by atoms with van der Waals surface area (Å²) in [5.74, 6) is 0.451. The maximum Gasteiger partial charge on any atom is 0.217 e. The molecule has 2 heterocycles. The summed E-state index contributed by atoms with van der Waals surface area (Å²) >= 11 is 0. The van der Waals surface area contributed by atoms with E-state index in [0.717, 1.165) is 19.4 Å². The quantitative estimate of drug-likeness (QED) is 0.908. The molecule has 1 saturated heterocycles. The van der Waals surface area contributed by atoms with Crippen molar-refractivity contribution in [3.05, 3.63) is 53.9 Å². The molecule has 1 amide bonds. The fourth-order valence-electron chi connectivity index (χ4n) is 3.48. The van der Waals surface area contributed by atoms with Gasteiger partial charge in [-0.15, -0.1) is 0 Å². The van der Waals surface area contributed by atoms with Crippen LogP contribution in [-0.2, 0) is 16.1 Å². The Morgan fingerprint density at radius 3 is 2.88 bits per heavy atom. The molecule has 2 aromatic rings. The van der Waals surface area contributed by atoms with Gasteiger partial charge in [-0.2, -0.15) is 5.10 Å². The first-order valence-electron chi connectivity index (χ1n) is 9.00. The van der Waals surface area contributed by atoms with Crippen LogP contribution in [0.1, 0.15) is 50.8 Å². The van der Waals surface area contributed by atoms with Crippen LogP contribution in [0.5, 0.6) is 0 Å². The molecule has 0 radical (unpaired) electrons. The number of aromatic nitrogens is 2. The minimum Gasteiger partial charge on any atom is -0.370 e. The number of nitrogens with one attached hydrogen (secondary N) is 1. The van der Waals surface area contributed by atoms with Crippen LogP contribution in [0.3, 0.4) is 0 Å². The van der Waals surface area contributed by atoms with Gasteiger partial charge in [-0.05, 0) is 36.0 Å². The highest BCUT2D eigenvalue weighted by atomic mass is 16.5. The summed E-state index contributed by atoms with van der Waals surface area (Å²) in [6, 6.07) is 10.6. The molecule has 5 nitrogen and oxygen atoms in total. The van der Waals surface area contributed by atoms with Crippen molar-refractivity contribution in [2.75, 3.05) is 0 Å². The van der Waals surface area contributed by atoms with Crippen LogP contribution in [-0.4, -0.2) is 27.8 Å². The number of hydrogen-bond donors (Lipinski definition) is 1. The third-order valence-electron chi connectivity index (χ3n) is 4.73. The fraction of sp³-hybridized carbons (Fsp3) is 0.500. The lowest BCUT2D eigenvalue weighted by molar-refractivity contribution is -0.123. The predicted octanol–water partition coefficient (Wildman–Crippen LogP) is 3.31. The lowest BCUT2D eigenvalue weighted by atomic mass is 9.89. The SMILES string of the molecule is CC(=O)N[C@H]1C[C@@H](c2cccc(Cn3cccn3)c2)O[C@@H](C(C)C)C1. The zero-order valence-corrected chi connectivity index (χ0v) is 15.2. The Bertz CT molecular complexity index is 697. The maximum atomic E-state index is 11.5. The molecule has 0 saturated carbocycles. The Morgan fingerprint density at radius 2 is 2.20 bits per heavy atom. The van der Waals surface area contributed by atoms with Crippen LogP contribution in [0, 0.1) is 5.92 Å². The van der Waals surface area contributed by atoms with E-state index in [4.69, 9.17) is 4.74 Å². The highest BCUT2D eigenvalue weighted by molar-refractivity contribution is 5.73. The molecule has 3 rings (SSSR count). The Kier molecular flexibility index (Phi) is 5.53. The highest BCUT2D eigenvalue weighted by Gasteiger charge is 2.32. The molecular formula is C20H27N3O2. The van der Waals surface area contributed by atoms with E-state index in [9.17, 15) is 4.79 Å². The van der Waals surface area contributed by atoms with E-state index in [0.29, 0.717) is 5.92 Å². The number of ether oxygens (including phenoxy) is 1. The molecule has 1 aromatic carbocycles. The second-order valence-electron chi connectivity index (χ2n) is 7.22. The Labute approximate surface area is 149 Å². The summed E-state index contributed by atoms with van der Waals surface area (Å²) in [7, 11) is 0. The molecule has 0 spiro atoms. The van der Waals surface area contributed by atoms with Gasteiger partial charge in [0.1, 0.15) is 0 Å². The van der Waals surface area contributed by atoms with Gasteiger partial charge in [0.25, 0.3) is 0 Å². The topological polar surface area (TPSA) is 56.2 Å². The molecule has 0 unspecified atom stereocenters. The monoisotopic (exact) mass is 341 g/mol. The summed E-state index contributed by atoms with van der Waals surface area (Å²) < 4.78 is 8.28. The van der Waals surface area contributed by atoms with E-state index >= 15 is 0 Å². The van der Waals surface area contributed by atoms with Gasteiger partial charge in [-0.3, -0.25) is 9.48 Å². The van der Waals surface area contributed by atoms with E-state index in [2.05, 4.69) is 48.5 Å². The smallest absolute Gasteiger partial charge is 0.217 e. The first kappa shape index (κ1) is 17.7. The number of carbonyl (C=O) groups is 1. The van der Waals surface area contributed by atoms with Gasteiger partial charge < -0.3 is 10.1 Å². The molecule has 0 bridgehead atoms. The normalized spacial score (nSPS) is 23.6. The number of rotatable bonds is 5. The van der Waals surface area contributed by atoms with E-state index in [-0.39, 0.29) is 24.2 Å². The van der Waals surface area contributed by atoms with E-state index in [1.807, 2.05) is 16.9 Å². The van der Waals surface area contributed by atoms with Crippen molar-refractivity contribution >= 4 is 5.91 Å². The Morgan fingerprint density at radius 1 is 1.36 bits per heavy atom. The van der Waals surface area contributed by atoms with E-state index < -0.39 is 0 Å². The Hall–Kier alpha value is -2.14. The first-order valence-corrected chi connectivity index (χ1v) is 9.00. The molecule has 1 N–H and O–H groups in total. The molecule has 1 aliphatic rings. The molecule has 25 heavy (non-hydrogen) atoms. The summed E-state index contributed by atoms with van der Waals surface area (Å²) in [5.41, 5.74) is 2.37. The third kappa shape index (κ3) is 4.69. The van der Waals surface area contributed by atoms with Crippen molar-refractivity contribution in [2.24, 2.45) is 5.92 Å². The van der Waals surface area contributed by atoms with Gasteiger partial charge in [0, 0.05) is 25.4 Å². The van der Waals surface area contributed by atoms with Gasteiger partial charge in [-0.1, -0.05) is 38.1 Å². The van der Waals surface area contributed by atoms with Crippen molar-refractivity contribution < 1.29 is 9.53 Å². The van der Waals surface area contributed by atoms with Crippen molar-refractivity contribution in [2.45, 2.75) is 58.4 Å². The van der Waals surface area contributed by atoms with Crippen LogP contribution in [0.4, 0.5) is 0 Å². The molecular weight excluding hydrogens is 314 g/mol. The van der Waals surface area contributed by atoms with Crippen LogP contribution < -0.4 is 5.32 Å². The van der Waals surface area contributed by atoms with Gasteiger partial charge in [0.15, 0.2) is 0 Å². The second kappa shape index (κ2) is 7.83. The molecule has 134 valence electrons. The third-order valence-corrected chi connectivity index (χ3v) is 4.73. The molecule has 5 heteroatoms. The van der Waals surface area contributed by atoms with Gasteiger partial charge in [-0.25, -0.2) is 0 Å². The van der Waals surface area contributed by atoms with Crippen LogP contribution in [0.15, 0.2) is 42.7 Å². The fourth-order valence-corrected chi connectivity index (χ4v) is 3.48. The van der Waals surface area contributed by atoms with Gasteiger partial charge in [0.05, 0.1) is 18.8 Å². The average molecular weight is 341 g/mol. The van der Waals surface area contributed by atoms with Crippen LogP contribution in [0.25, 0.3) is 0 Å². The highest BCUT2D eigenvalue weighted by Crippen LogP contribution is 2.34. The number of hydrogen-bond acceptors (Lipinski definition) is 3. The number of amides is 1. The van der Waals surface area contributed by atoms with Crippen LogP contribution >= 0.6 is 0 Å². The summed E-state index contributed by atoms with van der Waals surface area (Å²) in [5, 5.41) is 7.36. The van der Waals surface area contributed by atoms with Crippen molar-refractivity contribution in [1.82, 2.24) is 15.1 Å². The summed E-state index contributed by atoms with van der Waals surface area (Å²) in [6.45, 7) is 6.67. The van der Waals surface area contributed by atoms with Crippen molar-refractivity contribution in [1.29, 1.82) is 0 Å². The molecule has 0 aliphatic carbocycles. The lowest BCUT2D eigenvalue weighted by Crippen LogP contribution is -2.43. The maximum absolute atomic E-state index is 11.5. The zero-order chi connectivity index (χ0) is 17.8. The van der Waals surface area contributed by atoms with E-state index in [1.165, 1.54) is 11.1 Å². The summed E-state index contributed by atoms with van der Waals surface area (Å²) in [4.78, 5) is 11.5. The Balaban J connectivity index is 1.77. The number of nitrogens with zero attached hydrogens (tertiary/aromatic N) is 2.